The third-order valence-corrected chi connectivity index (χ3v) is 9.54. The zero-order valence-electron chi connectivity index (χ0n) is 10.1. The Balaban J connectivity index is 1.97. The molecular formula is C14H22OSi. The van der Waals surface area contributed by atoms with Gasteiger partial charge in [-0.2, -0.15) is 0 Å². The van der Waals surface area contributed by atoms with Crippen LogP contribution in [0.1, 0.15) is 32.1 Å². The number of ketones is 1. The van der Waals surface area contributed by atoms with Gasteiger partial charge in [0.25, 0.3) is 0 Å². The highest BCUT2D eigenvalue weighted by molar-refractivity contribution is 6.81. The summed E-state index contributed by atoms with van der Waals surface area (Å²) in [6.45, 7) is 3.69. The summed E-state index contributed by atoms with van der Waals surface area (Å²) in [5, 5.41) is 0. The molecule has 0 N–H and O–H groups in total. The monoisotopic (exact) mass is 234 g/mol. The van der Waals surface area contributed by atoms with Crippen molar-refractivity contribution in [2.24, 2.45) is 0 Å². The van der Waals surface area contributed by atoms with Crippen LogP contribution in [0, 0.1) is 0 Å². The first-order valence-corrected chi connectivity index (χ1v) is 9.42. The lowest BCUT2D eigenvalue weighted by Gasteiger charge is -2.30. The van der Waals surface area contributed by atoms with Crippen LogP contribution in [0.5, 0.6) is 0 Å². The summed E-state index contributed by atoms with van der Waals surface area (Å²) in [6.07, 6.45) is 9.64. The minimum atomic E-state index is -1.000. The predicted molar refractivity (Wildman–Crippen MR) is 71.4 cm³/mol. The maximum Gasteiger partial charge on any atom is 0.158 e. The molecule has 0 bridgehead atoms. The van der Waals surface area contributed by atoms with Crippen molar-refractivity contribution in [3.05, 3.63) is 24.3 Å². The molecule has 0 aromatic carbocycles. The Labute approximate surface area is 99.6 Å². The van der Waals surface area contributed by atoms with Gasteiger partial charge in [0.2, 0.25) is 0 Å². The van der Waals surface area contributed by atoms with E-state index in [1.165, 1.54) is 49.0 Å². The van der Waals surface area contributed by atoms with Crippen molar-refractivity contribution in [3.63, 3.8) is 0 Å². The predicted octanol–water partition coefficient (Wildman–Crippen LogP) is 4.09. The molecule has 0 aromatic heterocycles. The van der Waals surface area contributed by atoms with Gasteiger partial charge in [0.05, 0.1) is 8.07 Å². The van der Waals surface area contributed by atoms with Crippen LogP contribution in [0.2, 0.25) is 24.2 Å². The summed E-state index contributed by atoms with van der Waals surface area (Å²) in [5.41, 5.74) is 1.18. The van der Waals surface area contributed by atoms with Gasteiger partial charge in [-0.1, -0.05) is 43.1 Å². The highest BCUT2D eigenvalue weighted by Gasteiger charge is 2.38. The first kappa shape index (κ1) is 11.8. The van der Waals surface area contributed by atoms with Crippen LogP contribution in [0.3, 0.4) is 0 Å². The number of carbonyl (C=O) groups excluding carboxylic acids is 1. The van der Waals surface area contributed by atoms with Crippen LogP contribution >= 0.6 is 0 Å². The maximum atomic E-state index is 12.0. The molecule has 0 aromatic rings. The van der Waals surface area contributed by atoms with Crippen LogP contribution in [0.4, 0.5) is 0 Å². The summed E-state index contributed by atoms with van der Waals surface area (Å²) in [7, 11) is -1.000. The van der Waals surface area contributed by atoms with Gasteiger partial charge in [-0.25, -0.2) is 0 Å². The van der Waals surface area contributed by atoms with E-state index in [2.05, 4.69) is 12.7 Å². The third-order valence-electron chi connectivity index (χ3n) is 4.23. The van der Waals surface area contributed by atoms with Crippen molar-refractivity contribution in [2.75, 3.05) is 0 Å². The summed E-state index contributed by atoms with van der Waals surface area (Å²) in [6, 6.07) is 5.62. The number of Topliss-reactive ketones (excluding diaryl/α,β-unsaturated/α-hetero) is 1. The number of carbonyl (C=O) groups is 1. The average molecular weight is 234 g/mol. The SMILES string of the molecule is C=CCCC(=O)C1=CCC[Si]2(CCCC2)C1. The fraction of sp³-hybridized carbons (Fsp3) is 0.643. The molecule has 0 unspecified atom stereocenters. The third kappa shape index (κ3) is 2.54. The Morgan fingerprint density at radius 2 is 2.12 bits per heavy atom. The Hall–Kier alpha value is -0.633. The second-order valence-electron chi connectivity index (χ2n) is 5.40. The van der Waals surface area contributed by atoms with Gasteiger partial charge in [-0.15, -0.1) is 6.58 Å². The van der Waals surface area contributed by atoms with Crippen molar-refractivity contribution in [3.8, 4) is 0 Å². The van der Waals surface area contributed by atoms with Crippen LogP contribution in [0.15, 0.2) is 24.3 Å². The van der Waals surface area contributed by atoms with E-state index >= 15 is 0 Å². The van der Waals surface area contributed by atoms with Crippen LogP contribution in [-0.2, 0) is 4.79 Å². The normalized spacial score (nSPS) is 23.1. The highest BCUT2D eigenvalue weighted by Crippen LogP contribution is 2.42. The fourth-order valence-electron chi connectivity index (χ4n) is 3.28. The summed E-state index contributed by atoms with van der Waals surface area (Å²) in [4.78, 5) is 12.0. The van der Waals surface area contributed by atoms with E-state index in [0.29, 0.717) is 12.2 Å². The van der Waals surface area contributed by atoms with Gasteiger partial charge in [-0.3, -0.25) is 4.79 Å². The minimum Gasteiger partial charge on any atom is -0.295 e. The zero-order chi connectivity index (χ0) is 11.4. The van der Waals surface area contributed by atoms with Crippen LogP contribution < -0.4 is 0 Å². The summed E-state index contributed by atoms with van der Waals surface area (Å²) in [5.74, 6) is 0.401. The Morgan fingerprint density at radius 3 is 2.81 bits per heavy atom. The highest BCUT2D eigenvalue weighted by atomic mass is 28.3. The topological polar surface area (TPSA) is 17.1 Å². The lowest BCUT2D eigenvalue weighted by Crippen LogP contribution is -2.33. The van der Waals surface area contributed by atoms with Gasteiger partial charge in [0.1, 0.15) is 0 Å². The lowest BCUT2D eigenvalue weighted by atomic mass is 10.1. The van der Waals surface area contributed by atoms with E-state index in [1.807, 2.05) is 6.08 Å². The van der Waals surface area contributed by atoms with Gasteiger partial charge in [-0.05, 0) is 24.5 Å². The van der Waals surface area contributed by atoms with E-state index in [9.17, 15) is 4.79 Å². The van der Waals surface area contributed by atoms with E-state index in [-0.39, 0.29) is 0 Å². The molecule has 1 fully saturated rings. The lowest BCUT2D eigenvalue weighted by molar-refractivity contribution is -0.115. The first-order chi connectivity index (χ1) is 7.76. The molecule has 16 heavy (non-hydrogen) atoms. The molecule has 1 saturated heterocycles. The van der Waals surface area contributed by atoms with E-state index in [0.717, 1.165) is 6.42 Å². The van der Waals surface area contributed by atoms with Gasteiger partial charge >= 0.3 is 0 Å². The quantitative estimate of drug-likeness (QED) is 0.529. The van der Waals surface area contributed by atoms with Crippen molar-refractivity contribution in [1.29, 1.82) is 0 Å². The minimum absolute atomic E-state index is 0.401. The van der Waals surface area contributed by atoms with Crippen LogP contribution in [-0.4, -0.2) is 13.9 Å². The average Bonchev–Trinajstić information content (AvgIpc) is 2.74. The van der Waals surface area contributed by atoms with E-state index in [1.54, 1.807) is 0 Å². The molecule has 2 heterocycles. The fourth-order valence-corrected chi connectivity index (χ4v) is 8.46. The Kier molecular flexibility index (Phi) is 3.80. The van der Waals surface area contributed by atoms with Crippen molar-refractivity contribution in [2.45, 2.75) is 56.3 Å². The van der Waals surface area contributed by atoms with E-state index in [4.69, 9.17) is 0 Å². The van der Waals surface area contributed by atoms with Gasteiger partial charge in [0.15, 0.2) is 5.78 Å². The standard InChI is InChI=1S/C14H22OSi/c1-2-3-8-14(15)13-7-6-11-16(12-13)9-4-5-10-16/h2,7H,1,3-6,8-12H2. The van der Waals surface area contributed by atoms with Gasteiger partial charge in [0, 0.05) is 6.42 Å². The molecule has 0 atom stereocenters. The smallest absolute Gasteiger partial charge is 0.158 e. The molecule has 1 nitrogen and oxygen atoms in total. The summed E-state index contributed by atoms with van der Waals surface area (Å²) < 4.78 is 0. The van der Waals surface area contributed by atoms with E-state index < -0.39 is 8.07 Å². The molecule has 2 rings (SSSR count). The molecule has 2 aliphatic heterocycles. The first-order valence-electron chi connectivity index (χ1n) is 6.59. The van der Waals surface area contributed by atoms with Crippen molar-refractivity contribution in [1.82, 2.24) is 0 Å². The van der Waals surface area contributed by atoms with Crippen LogP contribution in [0.25, 0.3) is 0 Å². The Bertz CT molecular complexity index is 311. The van der Waals surface area contributed by atoms with Crippen molar-refractivity contribution >= 4 is 13.9 Å². The molecule has 88 valence electrons. The second kappa shape index (κ2) is 5.13. The number of allylic oxidation sites excluding steroid dienone is 3. The van der Waals surface area contributed by atoms with Gasteiger partial charge < -0.3 is 0 Å². The molecule has 1 spiro atoms. The Morgan fingerprint density at radius 1 is 1.38 bits per heavy atom. The molecule has 0 radical (unpaired) electrons. The number of hydrogen-bond acceptors (Lipinski definition) is 1. The zero-order valence-corrected chi connectivity index (χ0v) is 11.1. The maximum absolute atomic E-state index is 12.0. The molecule has 2 aliphatic rings. The largest absolute Gasteiger partial charge is 0.295 e. The molecule has 2 heteroatoms. The second-order valence-corrected chi connectivity index (χ2v) is 10.3. The van der Waals surface area contributed by atoms with Crippen molar-refractivity contribution < 1.29 is 4.79 Å². The molecular weight excluding hydrogens is 212 g/mol. The number of hydrogen-bond donors (Lipinski definition) is 0. The molecule has 0 amide bonds. The molecule has 0 aliphatic carbocycles. The molecule has 0 saturated carbocycles. The number of rotatable bonds is 4. The summed E-state index contributed by atoms with van der Waals surface area (Å²) >= 11 is 0.